The molecule has 0 bridgehead atoms. The van der Waals surface area contributed by atoms with E-state index >= 15 is 0 Å². The number of morpholine rings is 1. The Balaban J connectivity index is 1.68. The molecule has 1 aliphatic rings. The van der Waals surface area contributed by atoms with Gasteiger partial charge in [-0.2, -0.15) is 4.98 Å². The van der Waals surface area contributed by atoms with Gasteiger partial charge in [-0.25, -0.2) is 18.2 Å². The highest BCUT2D eigenvalue weighted by atomic mass is 19.1. The smallest absolute Gasteiger partial charge is 0.256 e. The highest BCUT2D eigenvalue weighted by molar-refractivity contribution is 5.93. The zero-order chi connectivity index (χ0) is 26.1. The fourth-order valence-corrected chi connectivity index (χ4v) is 4.40. The summed E-state index contributed by atoms with van der Waals surface area (Å²) in [4.78, 5) is 23.8. The normalized spacial score (nSPS) is 15.2. The van der Waals surface area contributed by atoms with Crippen LogP contribution in [0.1, 0.15) is 5.56 Å². The third-order valence-corrected chi connectivity index (χ3v) is 6.26. The third kappa shape index (κ3) is 4.93. The molecule has 8 nitrogen and oxygen atoms in total. The van der Waals surface area contributed by atoms with Gasteiger partial charge < -0.3 is 15.2 Å². The summed E-state index contributed by atoms with van der Waals surface area (Å²) in [6.07, 6.45) is -0.874. The van der Waals surface area contributed by atoms with E-state index in [0.29, 0.717) is 48.5 Å². The number of aryl methyl sites for hydroxylation is 1. The molecule has 1 fully saturated rings. The number of hydrogen-bond donors (Lipinski definition) is 2. The molecule has 1 saturated heterocycles. The Hall–Kier alpha value is -3.80. The Morgan fingerprint density at radius 2 is 1.78 bits per heavy atom. The fraction of sp³-hybridized carbons (Fsp3) is 0.269. The van der Waals surface area contributed by atoms with E-state index < -0.39 is 34.9 Å². The molecule has 0 aliphatic carbocycles. The Bertz CT molecular complexity index is 1500. The molecule has 3 heterocycles. The molecule has 1 atom stereocenters. The minimum absolute atomic E-state index is 0.0228. The summed E-state index contributed by atoms with van der Waals surface area (Å²) < 4.78 is 49.6. The van der Waals surface area contributed by atoms with Crippen LogP contribution in [0.3, 0.4) is 0 Å². The highest BCUT2D eigenvalue weighted by Gasteiger charge is 2.22. The van der Waals surface area contributed by atoms with Crippen LogP contribution >= 0.6 is 0 Å². The molecule has 0 radical (unpaired) electrons. The second-order valence-electron chi connectivity index (χ2n) is 8.68. The minimum Gasteiger partial charge on any atom is -0.379 e. The summed E-state index contributed by atoms with van der Waals surface area (Å²) in [5.74, 6) is -2.29. The number of pyridine rings is 1. The number of hydrogen-bond acceptors (Lipinski definition) is 7. The fourth-order valence-electron chi connectivity index (χ4n) is 4.40. The number of aromatic nitrogens is 3. The molecule has 2 aromatic heterocycles. The largest absolute Gasteiger partial charge is 0.379 e. The van der Waals surface area contributed by atoms with E-state index in [2.05, 4.69) is 15.3 Å². The lowest BCUT2D eigenvalue weighted by Crippen LogP contribution is -2.46. The van der Waals surface area contributed by atoms with E-state index in [0.717, 1.165) is 16.7 Å². The maximum absolute atomic E-state index is 14.8. The van der Waals surface area contributed by atoms with Gasteiger partial charge in [0.05, 0.1) is 25.5 Å². The molecule has 0 amide bonds. The molecule has 37 heavy (non-hydrogen) atoms. The first-order chi connectivity index (χ1) is 17.8. The van der Waals surface area contributed by atoms with E-state index in [-0.39, 0.29) is 18.1 Å². The van der Waals surface area contributed by atoms with Crippen molar-refractivity contribution in [2.75, 3.05) is 38.2 Å². The van der Waals surface area contributed by atoms with Gasteiger partial charge in [-0.15, -0.1) is 0 Å². The van der Waals surface area contributed by atoms with E-state index in [1.807, 2.05) is 4.90 Å². The lowest BCUT2D eigenvalue weighted by atomic mass is 10.0. The lowest BCUT2D eigenvalue weighted by Gasteiger charge is -2.31. The summed E-state index contributed by atoms with van der Waals surface area (Å²) in [7, 11) is 0. The number of nitrogens with zero attached hydrogens (tertiary/aromatic N) is 4. The number of aliphatic hydroxyl groups excluding tert-OH is 1. The third-order valence-electron chi connectivity index (χ3n) is 6.26. The van der Waals surface area contributed by atoms with Crippen LogP contribution in [0.5, 0.6) is 0 Å². The molecule has 4 aromatic rings. The first-order valence-corrected chi connectivity index (χ1v) is 11.7. The van der Waals surface area contributed by atoms with Gasteiger partial charge in [0.2, 0.25) is 5.95 Å². The van der Waals surface area contributed by atoms with Crippen LogP contribution in [0.15, 0.2) is 53.3 Å². The van der Waals surface area contributed by atoms with Crippen LogP contribution in [0.25, 0.3) is 28.0 Å². The standard InChI is InChI=1S/C26H24F3N5O3/c1-15-13-16(27)5-6-17(15)23-18-7-8-21(35)34(24-19(28)3-2-4-20(24)29)25(18)32-26(31-23)30-14-22(36)33-9-11-37-12-10-33/h2-8,13,22,36H,9-12,14H2,1H3,(H,30,31,32). The first kappa shape index (κ1) is 24.9. The summed E-state index contributed by atoms with van der Waals surface area (Å²) in [5, 5.41) is 13.9. The van der Waals surface area contributed by atoms with Gasteiger partial charge in [0.1, 0.15) is 29.4 Å². The predicted octanol–water partition coefficient (Wildman–Crippen LogP) is 3.24. The first-order valence-electron chi connectivity index (χ1n) is 11.7. The molecule has 11 heteroatoms. The molecular formula is C26H24F3N5O3. The number of para-hydroxylation sites is 1. The van der Waals surface area contributed by atoms with Crippen molar-refractivity contribution in [1.82, 2.24) is 19.4 Å². The molecule has 1 unspecified atom stereocenters. The van der Waals surface area contributed by atoms with Gasteiger partial charge >= 0.3 is 0 Å². The maximum Gasteiger partial charge on any atom is 0.256 e. The molecule has 1 aliphatic heterocycles. The number of fused-ring (bicyclic) bond motifs is 1. The summed E-state index contributed by atoms with van der Waals surface area (Å²) in [5.41, 5.74) is 0.123. The van der Waals surface area contributed by atoms with Crippen LogP contribution in [-0.2, 0) is 4.74 Å². The van der Waals surface area contributed by atoms with Crippen LogP contribution in [0, 0.1) is 24.4 Å². The summed E-state index contributed by atoms with van der Waals surface area (Å²) in [6, 6.07) is 10.1. The minimum atomic E-state index is -0.940. The average molecular weight is 512 g/mol. The Morgan fingerprint density at radius 3 is 2.49 bits per heavy atom. The second-order valence-corrected chi connectivity index (χ2v) is 8.68. The number of halogens is 3. The van der Waals surface area contributed by atoms with Crippen molar-refractivity contribution in [3.63, 3.8) is 0 Å². The zero-order valence-electron chi connectivity index (χ0n) is 19.9. The monoisotopic (exact) mass is 511 g/mol. The molecule has 0 saturated carbocycles. The van der Waals surface area contributed by atoms with Crippen molar-refractivity contribution in [3.05, 3.63) is 81.9 Å². The number of nitrogens with one attached hydrogen (secondary N) is 1. The van der Waals surface area contributed by atoms with Crippen LogP contribution in [0.2, 0.25) is 0 Å². The number of aliphatic hydroxyl groups is 1. The topological polar surface area (TPSA) is 92.5 Å². The van der Waals surface area contributed by atoms with Crippen LogP contribution in [-0.4, -0.2) is 63.6 Å². The molecule has 192 valence electrons. The van der Waals surface area contributed by atoms with E-state index in [9.17, 15) is 23.1 Å². The predicted molar refractivity (Wildman–Crippen MR) is 132 cm³/mol. The Labute approximate surface area is 210 Å². The van der Waals surface area contributed by atoms with Crippen molar-refractivity contribution < 1.29 is 23.0 Å². The van der Waals surface area contributed by atoms with Crippen molar-refractivity contribution in [1.29, 1.82) is 0 Å². The SMILES string of the molecule is Cc1cc(F)ccc1-c1nc(NCC(O)N2CCOCC2)nc2c1ccc(=O)n2-c1c(F)cccc1F. The van der Waals surface area contributed by atoms with E-state index in [1.54, 1.807) is 6.92 Å². The van der Waals surface area contributed by atoms with Gasteiger partial charge in [0.15, 0.2) is 5.65 Å². The van der Waals surface area contributed by atoms with Crippen molar-refractivity contribution in [3.8, 4) is 16.9 Å². The molecular weight excluding hydrogens is 487 g/mol. The van der Waals surface area contributed by atoms with Gasteiger partial charge in [0.25, 0.3) is 5.56 Å². The average Bonchev–Trinajstić information content (AvgIpc) is 2.88. The van der Waals surface area contributed by atoms with Gasteiger partial charge in [0, 0.05) is 30.1 Å². The van der Waals surface area contributed by atoms with Crippen molar-refractivity contribution in [2.45, 2.75) is 13.2 Å². The zero-order valence-corrected chi connectivity index (χ0v) is 19.9. The molecule has 2 N–H and O–H groups in total. The number of ether oxygens (including phenoxy) is 1. The Kier molecular flexibility index (Phi) is 6.92. The molecule has 0 spiro atoms. The van der Waals surface area contributed by atoms with Crippen LogP contribution in [0.4, 0.5) is 19.1 Å². The molecule has 5 rings (SSSR count). The molecule has 2 aromatic carbocycles. The Morgan fingerprint density at radius 1 is 1.05 bits per heavy atom. The summed E-state index contributed by atoms with van der Waals surface area (Å²) in [6.45, 7) is 3.84. The van der Waals surface area contributed by atoms with Gasteiger partial charge in [-0.1, -0.05) is 6.07 Å². The summed E-state index contributed by atoms with van der Waals surface area (Å²) >= 11 is 0. The second kappa shape index (κ2) is 10.3. The highest BCUT2D eigenvalue weighted by Crippen LogP contribution is 2.31. The lowest BCUT2D eigenvalue weighted by molar-refractivity contribution is -0.0516. The van der Waals surface area contributed by atoms with Crippen LogP contribution < -0.4 is 10.9 Å². The van der Waals surface area contributed by atoms with Crippen molar-refractivity contribution in [2.24, 2.45) is 0 Å². The van der Waals surface area contributed by atoms with E-state index in [4.69, 9.17) is 4.74 Å². The quantitative estimate of drug-likeness (QED) is 0.411. The van der Waals surface area contributed by atoms with E-state index in [1.165, 1.54) is 36.4 Å². The van der Waals surface area contributed by atoms with Gasteiger partial charge in [-0.05, 0) is 48.9 Å². The maximum atomic E-state index is 14.8. The number of anilines is 1. The van der Waals surface area contributed by atoms with Gasteiger partial charge in [-0.3, -0.25) is 14.3 Å². The van der Waals surface area contributed by atoms with Crippen molar-refractivity contribution >= 4 is 17.0 Å². The number of rotatable bonds is 6. The number of benzene rings is 2.